The van der Waals surface area contributed by atoms with E-state index in [-0.39, 0.29) is 5.91 Å². The van der Waals surface area contributed by atoms with E-state index >= 15 is 0 Å². The molecule has 3 heterocycles. The number of anilines is 1. The van der Waals surface area contributed by atoms with Crippen LogP contribution in [0.2, 0.25) is 4.34 Å². The van der Waals surface area contributed by atoms with Crippen molar-refractivity contribution in [2.45, 2.75) is 32.2 Å². The van der Waals surface area contributed by atoms with Gasteiger partial charge in [0, 0.05) is 23.8 Å². The van der Waals surface area contributed by atoms with Crippen LogP contribution in [0.4, 0.5) is 5.82 Å². The zero-order valence-electron chi connectivity index (χ0n) is 12.4. The van der Waals surface area contributed by atoms with Crippen molar-refractivity contribution in [2.75, 3.05) is 18.4 Å². The third-order valence-corrected chi connectivity index (χ3v) is 5.09. The summed E-state index contributed by atoms with van der Waals surface area (Å²) < 4.78 is 2.24. The SMILES string of the molecule is CC(=O)n1nc(C2CCNCC2)cc1NCc1ccc(Cl)s1. The fourth-order valence-electron chi connectivity index (χ4n) is 2.71. The minimum Gasteiger partial charge on any atom is -0.365 e. The number of carbonyl (C=O) groups is 1. The third kappa shape index (κ3) is 3.51. The molecule has 7 heteroatoms. The van der Waals surface area contributed by atoms with Crippen molar-refractivity contribution < 1.29 is 4.79 Å². The van der Waals surface area contributed by atoms with Crippen molar-refractivity contribution in [2.24, 2.45) is 0 Å². The van der Waals surface area contributed by atoms with E-state index in [1.165, 1.54) is 22.9 Å². The van der Waals surface area contributed by atoms with Crippen molar-refractivity contribution in [1.82, 2.24) is 15.1 Å². The molecule has 0 amide bonds. The molecule has 1 aliphatic rings. The molecule has 22 heavy (non-hydrogen) atoms. The second-order valence-electron chi connectivity index (χ2n) is 5.47. The Labute approximate surface area is 138 Å². The van der Waals surface area contributed by atoms with E-state index in [0.29, 0.717) is 12.5 Å². The second kappa shape index (κ2) is 6.81. The number of rotatable bonds is 4. The van der Waals surface area contributed by atoms with Gasteiger partial charge in [-0.15, -0.1) is 11.3 Å². The Bertz CT molecular complexity index is 660. The summed E-state index contributed by atoms with van der Waals surface area (Å²) in [7, 11) is 0. The molecule has 0 aromatic carbocycles. The normalized spacial score (nSPS) is 15.9. The molecule has 0 atom stereocenters. The van der Waals surface area contributed by atoms with Gasteiger partial charge in [0.1, 0.15) is 5.82 Å². The predicted molar refractivity (Wildman–Crippen MR) is 90.0 cm³/mol. The summed E-state index contributed by atoms with van der Waals surface area (Å²) in [5.74, 6) is 1.11. The van der Waals surface area contributed by atoms with Crippen molar-refractivity contribution in [1.29, 1.82) is 0 Å². The molecule has 1 aliphatic heterocycles. The standard InChI is InChI=1S/C15H19ClN4OS/c1-10(21)20-15(18-9-12-2-3-14(16)22-12)8-13(19-20)11-4-6-17-7-5-11/h2-3,8,11,17-18H,4-7,9H2,1H3. The monoisotopic (exact) mass is 338 g/mol. The number of halogens is 1. The Kier molecular flexibility index (Phi) is 4.81. The van der Waals surface area contributed by atoms with Crippen molar-refractivity contribution in [3.8, 4) is 0 Å². The molecule has 118 valence electrons. The number of carbonyl (C=O) groups excluding carboxylic acids is 1. The van der Waals surface area contributed by atoms with Crippen LogP contribution in [0.15, 0.2) is 18.2 Å². The van der Waals surface area contributed by atoms with Gasteiger partial charge in [-0.1, -0.05) is 11.6 Å². The van der Waals surface area contributed by atoms with Gasteiger partial charge in [0.2, 0.25) is 5.91 Å². The van der Waals surface area contributed by atoms with Gasteiger partial charge >= 0.3 is 0 Å². The molecule has 0 spiro atoms. The Morgan fingerprint density at radius 3 is 2.91 bits per heavy atom. The van der Waals surface area contributed by atoms with Crippen LogP contribution in [0.1, 0.15) is 41.0 Å². The maximum atomic E-state index is 11.8. The number of piperidine rings is 1. The Morgan fingerprint density at radius 2 is 2.27 bits per heavy atom. The Morgan fingerprint density at radius 1 is 1.50 bits per heavy atom. The van der Waals surface area contributed by atoms with Gasteiger partial charge in [-0.25, -0.2) is 0 Å². The zero-order valence-corrected chi connectivity index (χ0v) is 14.0. The van der Waals surface area contributed by atoms with Gasteiger partial charge in [0.15, 0.2) is 0 Å². The average Bonchev–Trinajstić information content (AvgIpc) is 3.12. The first-order valence-electron chi connectivity index (χ1n) is 7.43. The molecule has 2 aromatic heterocycles. The summed E-state index contributed by atoms with van der Waals surface area (Å²) in [5, 5.41) is 11.2. The summed E-state index contributed by atoms with van der Waals surface area (Å²) >= 11 is 7.48. The first-order chi connectivity index (χ1) is 10.6. The number of nitrogens with zero attached hydrogens (tertiary/aromatic N) is 2. The van der Waals surface area contributed by atoms with Gasteiger partial charge < -0.3 is 10.6 Å². The van der Waals surface area contributed by atoms with E-state index in [9.17, 15) is 4.79 Å². The molecule has 0 radical (unpaired) electrons. The van der Waals surface area contributed by atoms with E-state index in [4.69, 9.17) is 11.6 Å². The maximum Gasteiger partial charge on any atom is 0.245 e. The van der Waals surface area contributed by atoms with Crippen LogP contribution in [0, 0.1) is 0 Å². The Hall–Kier alpha value is -1.37. The molecule has 1 saturated heterocycles. The highest BCUT2D eigenvalue weighted by atomic mass is 35.5. The largest absolute Gasteiger partial charge is 0.365 e. The first kappa shape index (κ1) is 15.5. The number of thiophene rings is 1. The van der Waals surface area contributed by atoms with Crippen LogP contribution in [-0.2, 0) is 6.54 Å². The highest BCUT2D eigenvalue weighted by Crippen LogP contribution is 2.27. The molecule has 2 aromatic rings. The molecule has 0 saturated carbocycles. The molecule has 2 N–H and O–H groups in total. The van der Waals surface area contributed by atoms with Gasteiger partial charge in [-0.05, 0) is 38.1 Å². The first-order valence-corrected chi connectivity index (χ1v) is 8.62. The Balaban J connectivity index is 1.76. The summed E-state index contributed by atoms with van der Waals surface area (Å²) in [6.07, 6.45) is 2.13. The minimum atomic E-state index is -0.0769. The van der Waals surface area contributed by atoms with Crippen LogP contribution in [-0.4, -0.2) is 28.8 Å². The lowest BCUT2D eigenvalue weighted by Crippen LogP contribution is -2.27. The molecule has 3 rings (SSSR count). The van der Waals surface area contributed by atoms with Crippen molar-refractivity contribution >= 4 is 34.7 Å². The van der Waals surface area contributed by atoms with E-state index in [0.717, 1.165) is 46.7 Å². The summed E-state index contributed by atoms with van der Waals surface area (Å²) in [5.41, 5.74) is 1.00. The zero-order chi connectivity index (χ0) is 15.5. The van der Waals surface area contributed by atoms with E-state index in [2.05, 4.69) is 15.7 Å². The van der Waals surface area contributed by atoms with Crippen LogP contribution < -0.4 is 10.6 Å². The number of aromatic nitrogens is 2. The van der Waals surface area contributed by atoms with E-state index in [1.807, 2.05) is 18.2 Å². The number of nitrogens with one attached hydrogen (secondary N) is 2. The molecule has 0 bridgehead atoms. The van der Waals surface area contributed by atoms with Crippen molar-refractivity contribution in [3.63, 3.8) is 0 Å². The summed E-state index contributed by atoms with van der Waals surface area (Å²) in [6.45, 7) is 4.19. The third-order valence-electron chi connectivity index (χ3n) is 3.86. The van der Waals surface area contributed by atoms with E-state index < -0.39 is 0 Å². The lowest BCUT2D eigenvalue weighted by Gasteiger charge is -2.20. The van der Waals surface area contributed by atoms with Crippen molar-refractivity contribution in [3.05, 3.63) is 33.1 Å². The summed E-state index contributed by atoms with van der Waals surface area (Å²) in [4.78, 5) is 12.9. The topological polar surface area (TPSA) is 59.0 Å². The van der Waals surface area contributed by atoms with Gasteiger partial charge in [0.25, 0.3) is 0 Å². The summed E-state index contributed by atoms with van der Waals surface area (Å²) in [6, 6.07) is 5.88. The molecule has 1 fully saturated rings. The fourth-order valence-corrected chi connectivity index (χ4v) is 3.73. The molecule has 0 unspecified atom stereocenters. The smallest absolute Gasteiger partial charge is 0.245 e. The number of hydrogen-bond donors (Lipinski definition) is 2. The van der Waals surface area contributed by atoms with Crippen LogP contribution in [0.25, 0.3) is 0 Å². The van der Waals surface area contributed by atoms with Gasteiger partial charge in [-0.3, -0.25) is 4.79 Å². The minimum absolute atomic E-state index is 0.0769. The molecular weight excluding hydrogens is 320 g/mol. The maximum absolute atomic E-state index is 11.8. The number of hydrogen-bond acceptors (Lipinski definition) is 5. The lowest BCUT2D eigenvalue weighted by molar-refractivity contribution is 0.0923. The predicted octanol–water partition coefficient (Wildman–Crippen LogP) is 3.34. The van der Waals surface area contributed by atoms with Crippen LogP contribution >= 0.6 is 22.9 Å². The average molecular weight is 339 g/mol. The van der Waals surface area contributed by atoms with Gasteiger partial charge in [-0.2, -0.15) is 9.78 Å². The fraction of sp³-hybridized carbons (Fsp3) is 0.467. The van der Waals surface area contributed by atoms with Crippen LogP contribution in [0.5, 0.6) is 0 Å². The second-order valence-corrected chi connectivity index (χ2v) is 7.27. The molecule has 0 aliphatic carbocycles. The highest BCUT2D eigenvalue weighted by Gasteiger charge is 2.21. The quantitative estimate of drug-likeness (QED) is 0.897. The molecule has 5 nitrogen and oxygen atoms in total. The molecular formula is C15H19ClN4OS. The van der Waals surface area contributed by atoms with Gasteiger partial charge in [0.05, 0.1) is 16.6 Å². The lowest BCUT2D eigenvalue weighted by atomic mass is 9.95. The van der Waals surface area contributed by atoms with Crippen LogP contribution in [0.3, 0.4) is 0 Å². The van der Waals surface area contributed by atoms with E-state index in [1.54, 1.807) is 0 Å². The highest BCUT2D eigenvalue weighted by molar-refractivity contribution is 7.16.